The predicted octanol–water partition coefficient (Wildman–Crippen LogP) is 5.16. The van der Waals surface area contributed by atoms with Crippen LogP contribution in [0.15, 0.2) is 12.1 Å². The van der Waals surface area contributed by atoms with Gasteiger partial charge in [-0.2, -0.15) is 0 Å². The molecular formula is C16H25ClOS. The highest BCUT2D eigenvalue weighted by Gasteiger charge is 2.38. The highest BCUT2D eigenvalue weighted by molar-refractivity contribution is 7.16. The zero-order valence-corrected chi connectivity index (χ0v) is 13.8. The minimum Gasteiger partial charge on any atom is -0.396 e. The van der Waals surface area contributed by atoms with E-state index in [1.54, 1.807) is 11.3 Å². The summed E-state index contributed by atoms with van der Waals surface area (Å²) >= 11 is 7.66. The van der Waals surface area contributed by atoms with Crippen molar-refractivity contribution in [1.82, 2.24) is 0 Å². The van der Waals surface area contributed by atoms with Crippen molar-refractivity contribution in [2.75, 3.05) is 6.61 Å². The monoisotopic (exact) mass is 300 g/mol. The molecule has 1 nitrogen and oxygen atoms in total. The van der Waals surface area contributed by atoms with Crippen LogP contribution in [0.3, 0.4) is 0 Å². The molecule has 1 fully saturated rings. The zero-order chi connectivity index (χ0) is 14.1. The lowest BCUT2D eigenvalue weighted by atomic mass is 9.63. The summed E-state index contributed by atoms with van der Waals surface area (Å²) in [6, 6.07) is 4.08. The maximum atomic E-state index is 9.87. The molecular weight excluding hydrogens is 276 g/mol. The number of halogens is 1. The zero-order valence-electron chi connectivity index (χ0n) is 12.2. The lowest BCUT2D eigenvalue weighted by Crippen LogP contribution is -2.36. The SMILES string of the molecule is CC(C)(C)C1CCC(CO)(Cc2ccc(Cl)s2)CC1. The molecule has 0 atom stereocenters. The molecule has 19 heavy (non-hydrogen) atoms. The Morgan fingerprint density at radius 1 is 1.32 bits per heavy atom. The van der Waals surface area contributed by atoms with Crippen LogP contribution in [0.25, 0.3) is 0 Å². The molecule has 108 valence electrons. The van der Waals surface area contributed by atoms with E-state index in [0.717, 1.165) is 29.5 Å². The quantitative estimate of drug-likeness (QED) is 0.817. The first kappa shape index (κ1) is 15.3. The highest BCUT2D eigenvalue weighted by Crippen LogP contribution is 2.47. The van der Waals surface area contributed by atoms with Gasteiger partial charge in [-0.3, -0.25) is 0 Å². The van der Waals surface area contributed by atoms with Crippen LogP contribution in [0.2, 0.25) is 4.34 Å². The number of thiophene rings is 1. The third-order valence-corrected chi connectivity index (χ3v) is 6.02. The van der Waals surface area contributed by atoms with Crippen molar-refractivity contribution in [1.29, 1.82) is 0 Å². The number of hydrogen-bond acceptors (Lipinski definition) is 2. The Morgan fingerprint density at radius 2 is 1.95 bits per heavy atom. The van der Waals surface area contributed by atoms with Crippen molar-refractivity contribution in [3.8, 4) is 0 Å². The molecule has 0 unspecified atom stereocenters. The largest absolute Gasteiger partial charge is 0.396 e. The first-order valence-corrected chi connectivity index (χ1v) is 8.39. The van der Waals surface area contributed by atoms with Crippen LogP contribution >= 0.6 is 22.9 Å². The molecule has 0 aromatic carbocycles. The summed E-state index contributed by atoms with van der Waals surface area (Å²) < 4.78 is 0.853. The third kappa shape index (κ3) is 3.74. The van der Waals surface area contributed by atoms with Crippen LogP contribution in [0.5, 0.6) is 0 Å². The highest BCUT2D eigenvalue weighted by atomic mass is 35.5. The van der Waals surface area contributed by atoms with E-state index in [0.29, 0.717) is 12.0 Å². The number of aliphatic hydroxyl groups excluding tert-OH is 1. The van der Waals surface area contributed by atoms with Crippen molar-refractivity contribution in [2.24, 2.45) is 16.7 Å². The average molecular weight is 301 g/mol. The molecule has 1 saturated carbocycles. The summed E-state index contributed by atoms with van der Waals surface area (Å²) in [5, 5.41) is 9.87. The number of rotatable bonds is 3. The van der Waals surface area contributed by atoms with Crippen LogP contribution in [0.4, 0.5) is 0 Å². The van der Waals surface area contributed by atoms with Gasteiger partial charge < -0.3 is 5.11 Å². The Balaban J connectivity index is 2.02. The Kier molecular flexibility index (Phi) is 4.64. The van der Waals surface area contributed by atoms with Gasteiger partial charge in [-0.05, 0) is 61.0 Å². The van der Waals surface area contributed by atoms with E-state index in [9.17, 15) is 5.11 Å². The molecule has 0 amide bonds. The lowest BCUT2D eigenvalue weighted by molar-refractivity contribution is 0.0375. The minimum atomic E-state index is 0.0932. The van der Waals surface area contributed by atoms with Gasteiger partial charge in [-0.15, -0.1) is 11.3 Å². The van der Waals surface area contributed by atoms with E-state index in [-0.39, 0.29) is 5.41 Å². The van der Waals surface area contributed by atoms with Gasteiger partial charge >= 0.3 is 0 Å². The fourth-order valence-electron chi connectivity index (χ4n) is 3.30. The molecule has 1 aliphatic rings. The van der Waals surface area contributed by atoms with Crippen LogP contribution in [0.1, 0.15) is 51.3 Å². The van der Waals surface area contributed by atoms with E-state index in [2.05, 4.69) is 26.8 Å². The molecule has 0 aliphatic heterocycles. The molecule has 1 N–H and O–H groups in total. The van der Waals surface area contributed by atoms with Crippen molar-refractivity contribution in [3.63, 3.8) is 0 Å². The Bertz CT molecular complexity index is 411. The summed E-state index contributed by atoms with van der Waals surface area (Å²) in [6.07, 6.45) is 5.74. The standard InChI is InChI=1S/C16H25ClOS/c1-15(2,3)12-6-8-16(11-18,9-7-12)10-13-4-5-14(17)19-13/h4-5,12,18H,6-11H2,1-3H3. The van der Waals surface area contributed by atoms with Gasteiger partial charge in [0.2, 0.25) is 0 Å². The molecule has 1 aromatic heterocycles. The molecule has 1 aliphatic carbocycles. The van der Waals surface area contributed by atoms with Gasteiger partial charge in [0.05, 0.1) is 4.34 Å². The van der Waals surface area contributed by atoms with Crippen LogP contribution < -0.4 is 0 Å². The van der Waals surface area contributed by atoms with Gasteiger partial charge in [0.25, 0.3) is 0 Å². The van der Waals surface area contributed by atoms with E-state index in [1.165, 1.54) is 17.7 Å². The maximum absolute atomic E-state index is 9.87. The molecule has 0 radical (unpaired) electrons. The van der Waals surface area contributed by atoms with Crippen LogP contribution in [-0.4, -0.2) is 11.7 Å². The van der Waals surface area contributed by atoms with Crippen molar-refractivity contribution in [2.45, 2.75) is 52.9 Å². The Labute approximate surface area is 126 Å². The summed E-state index contributed by atoms with van der Waals surface area (Å²) in [5.74, 6) is 0.791. The third-order valence-electron chi connectivity index (χ3n) is 4.78. The second-order valence-electron chi connectivity index (χ2n) is 7.18. The maximum Gasteiger partial charge on any atom is 0.0931 e. The van der Waals surface area contributed by atoms with Crippen molar-refractivity contribution < 1.29 is 5.11 Å². The topological polar surface area (TPSA) is 20.2 Å². The van der Waals surface area contributed by atoms with Crippen LogP contribution in [0, 0.1) is 16.7 Å². The first-order chi connectivity index (χ1) is 8.85. The van der Waals surface area contributed by atoms with Crippen molar-refractivity contribution >= 4 is 22.9 Å². The second kappa shape index (κ2) is 5.75. The summed E-state index contributed by atoms with van der Waals surface area (Å²) in [5.41, 5.74) is 0.490. The summed E-state index contributed by atoms with van der Waals surface area (Å²) in [7, 11) is 0. The summed E-state index contributed by atoms with van der Waals surface area (Å²) in [6.45, 7) is 7.31. The van der Waals surface area contributed by atoms with E-state index < -0.39 is 0 Å². The second-order valence-corrected chi connectivity index (χ2v) is 8.98. The molecule has 0 bridgehead atoms. The van der Waals surface area contributed by atoms with Crippen molar-refractivity contribution in [3.05, 3.63) is 21.3 Å². The number of hydrogen-bond donors (Lipinski definition) is 1. The molecule has 1 aromatic rings. The number of aliphatic hydroxyl groups is 1. The molecule has 3 heteroatoms. The molecule has 0 spiro atoms. The lowest BCUT2D eigenvalue weighted by Gasteiger charge is -2.43. The van der Waals surface area contributed by atoms with Crippen LogP contribution in [-0.2, 0) is 6.42 Å². The fourth-order valence-corrected chi connectivity index (χ4v) is 4.56. The van der Waals surface area contributed by atoms with E-state index in [1.807, 2.05) is 6.07 Å². The Hall–Kier alpha value is -0.0500. The first-order valence-electron chi connectivity index (χ1n) is 7.20. The van der Waals surface area contributed by atoms with Gasteiger partial charge in [-0.25, -0.2) is 0 Å². The average Bonchev–Trinajstić information content (AvgIpc) is 2.74. The van der Waals surface area contributed by atoms with E-state index in [4.69, 9.17) is 11.6 Å². The molecule has 1 heterocycles. The minimum absolute atomic E-state index is 0.0932. The van der Waals surface area contributed by atoms with Gasteiger partial charge in [0.15, 0.2) is 0 Å². The van der Waals surface area contributed by atoms with Gasteiger partial charge in [-0.1, -0.05) is 32.4 Å². The predicted molar refractivity (Wildman–Crippen MR) is 84.0 cm³/mol. The Morgan fingerprint density at radius 3 is 2.37 bits per heavy atom. The molecule has 0 saturated heterocycles. The fraction of sp³-hybridized carbons (Fsp3) is 0.750. The summed E-state index contributed by atoms with van der Waals surface area (Å²) in [4.78, 5) is 1.31. The van der Waals surface area contributed by atoms with Gasteiger partial charge in [0, 0.05) is 11.5 Å². The molecule has 2 rings (SSSR count). The van der Waals surface area contributed by atoms with Gasteiger partial charge in [0.1, 0.15) is 0 Å². The van der Waals surface area contributed by atoms with E-state index >= 15 is 0 Å². The normalized spacial score (nSPS) is 28.6. The smallest absolute Gasteiger partial charge is 0.0931 e.